The number of hydrogen-bond donors (Lipinski definition) is 1. The van der Waals surface area contributed by atoms with Gasteiger partial charge >= 0.3 is 0 Å². The van der Waals surface area contributed by atoms with Crippen LogP contribution in [0.25, 0.3) is 0 Å². The number of rotatable bonds is 8. The molecular formula is C12H26N2O2S. The van der Waals surface area contributed by atoms with Crippen molar-refractivity contribution >= 4 is 9.84 Å². The van der Waals surface area contributed by atoms with Gasteiger partial charge in [-0.3, -0.25) is 0 Å². The van der Waals surface area contributed by atoms with Gasteiger partial charge in [0.1, 0.15) is 9.84 Å². The molecule has 1 aliphatic carbocycles. The van der Waals surface area contributed by atoms with Crippen LogP contribution in [0.15, 0.2) is 0 Å². The first-order chi connectivity index (χ1) is 7.79. The molecule has 1 atom stereocenters. The molecule has 0 aromatic rings. The average Bonchev–Trinajstić information content (AvgIpc) is 2.97. The van der Waals surface area contributed by atoms with E-state index >= 15 is 0 Å². The highest BCUT2D eigenvalue weighted by Gasteiger charge is 2.25. The monoisotopic (exact) mass is 262 g/mol. The van der Waals surface area contributed by atoms with E-state index in [-0.39, 0.29) is 5.75 Å². The van der Waals surface area contributed by atoms with E-state index in [1.54, 1.807) is 0 Å². The molecule has 0 spiro atoms. The molecule has 0 aliphatic heterocycles. The van der Waals surface area contributed by atoms with Gasteiger partial charge in [-0.05, 0) is 25.8 Å². The second-order valence-corrected chi connectivity index (χ2v) is 7.86. The zero-order valence-corrected chi connectivity index (χ0v) is 12.3. The van der Waals surface area contributed by atoms with E-state index < -0.39 is 9.84 Å². The Morgan fingerprint density at radius 1 is 1.35 bits per heavy atom. The summed E-state index contributed by atoms with van der Waals surface area (Å²) in [6, 6.07) is 1.12. The Kier molecular flexibility index (Phi) is 5.41. The molecule has 4 nitrogen and oxygen atoms in total. The molecule has 102 valence electrons. The first kappa shape index (κ1) is 14.9. The minimum absolute atomic E-state index is 0.246. The molecule has 0 saturated heterocycles. The highest BCUT2D eigenvalue weighted by Crippen LogP contribution is 2.19. The lowest BCUT2D eigenvalue weighted by atomic mass is 10.0. The first-order valence-corrected chi connectivity index (χ1v) is 8.47. The maximum absolute atomic E-state index is 11.2. The summed E-state index contributed by atoms with van der Waals surface area (Å²) < 4.78 is 22.3. The van der Waals surface area contributed by atoms with E-state index in [0.717, 1.165) is 6.54 Å². The third kappa shape index (κ3) is 6.38. The highest BCUT2D eigenvalue weighted by atomic mass is 32.2. The lowest BCUT2D eigenvalue weighted by molar-refractivity contribution is 0.196. The molecule has 0 heterocycles. The van der Waals surface area contributed by atoms with E-state index in [4.69, 9.17) is 0 Å². The molecule has 0 radical (unpaired) electrons. The minimum Gasteiger partial charge on any atom is -0.312 e. The van der Waals surface area contributed by atoms with E-state index in [2.05, 4.69) is 24.1 Å². The van der Waals surface area contributed by atoms with Crippen LogP contribution in [0.2, 0.25) is 0 Å². The van der Waals surface area contributed by atoms with Crippen LogP contribution in [0, 0.1) is 5.92 Å². The van der Waals surface area contributed by atoms with Crippen LogP contribution >= 0.6 is 0 Å². The maximum atomic E-state index is 11.2. The lowest BCUT2D eigenvalue weighted by Crippen LogP contribution is -2.45. The molecule has 1 saturated carbocycles. The Labute approximate surface area is 106 Å². The number of hydrogen-bond acceptors (Lipinski definition) is 4. The van der Waals surface area contributed by atoms with E-state index in [0.29, 0.717) is 24.5 Å². The first-order valence-electron chi connectivity index (χ1n) is 6.41. The zero-order chi connectivity index (χ0) is 13.1. The molecule has 0 bridgehead atoms. The third-order valence-electron chi connectivity index (χ3n) is 3.34. The Bertz CT molecular complexity index is 323. The molecule has 1 fully saturated rings. The highest BCUT2D eigenvalue weighted by molar-refractivity contribution is 7.90. The molecule has 1 N–H and O–H groups in total. The van der Waals surface area contributed by atoms with Crippen molar-refractivity contribution in [3.05, 3.63) is 0 Å². The Hall–Kier alpha value is -0.130. The molecule has 1 rings (SSSR count). The van der Waals surface area contributed by atoms with E-state index in [9.17, 15) is 8.42 Å². The van der Waals surface area contributed by atoms with Crippen molar-refractivity contribution < 1.29 is 8.42 Å². The van der Waals surface area contributed by atoms with Crippen LogP contribution < -0.4 is 5.32 Å². The van der Waals surface area contributed by atoms with Gasteiger partial charge in [-0.25, -0.2) is 8.42 Å². The third-order valence-corrected chi connectivity index (χ3v) is 4.27. The fourth-order valence-electron chi connectivity index (χ4n) is 1.95. The van der Waals surface area contributed by atoms with Crippen LogP contribution in [-0.4, -0.2) is 57.5 Å². The van der Waals surface area contributed by atoms with E-state index in [1.807, 2.05) is 7.05 Å². The molecular weight excluding hydrogens is 236 g/mol. The van der Waals surface area contributed by atoms with Crippen molar-refractivity contribution in [2.75, 3.05) is 32.1 Å². The van der Waals surface area contributed by atoms with Gasteiger partial charge in [0.05, 0.1) is 5.75 Å². The summed E-state index contributed by atoms with van der Waals surface area (Å²) in [7, 11) is -0.841. The SMILES string of the molecule is CC(C)C(CNC1CC1)N(C)CCS(C)(=O)=O. The number of likely N-dealkylation sites (N-methyl/N-ethyl adjacent to an activating group) is 1. The summed E-state index contributed by atoms with van der Waals surface area (Å²) in [5.74, 6) is 0.779. The molecule has 17 heavy (non-hydrogen) atoms. The quantitative estimate of drug-likeness (QED) is 0.701. The summed E-state index contributed by atoms with van der Waals surface area (Å²) >= 11 is 0. The van der Waals surface area contributed by atoms with Crippen molar-refractivity contribution in [1.29, 1.82) is 0 Å². The van der Waals surface area contributed by atoms with Gasteiger partial charge in [0.15, 0.2) is 0 Å². The van der Waals surface area contributed by atoms with Gasteiger partial charge in [0.2, 0.25) is 0 Å². The van der Waals surface area contributed by atoms with Crippen LogP contribution in [0.4, 0.5) is 0 Å². The van der Waals surface area contributed by atoms with Crippen molar-refractivity contribution in [3.63, 3.8) is 0 Å². The van der Waals surface area contributed by atoms with Gasteiger partial charge in [0.25, 0.3) is 0 Å². The fraction of sp³-hybridized carbons (Fsp3) is 1.00. The van der Waals surface area contributed by atoms with Gasteiger partial charge in [-0.1, -0.05) is 13.8 Å². The topological polar surface area (TPSA) is 49.4 Å². The number of nitrogens with one attached hydrogen (secondary N) is 1. The largest absolute Gasteiger partial charge is 0.312 e. The van der Waals surface area contributed by atoms with Gasteiger partial charge in [-0.15, -0.1) is 0 Å². The van der Waals surface area contributed by atoms with Crippen molar-refractivity contribution in [1.82, 2.24) is 10.2 Å². The van der Waals surface area contributed by atoms with Gasteiger partial charge in [0, 0.05) is 31.4 Å². The second kappa shape index (κ2) is 6.16. The molecule has 1 unspecified atom stereocenters. The number of nitrogens with zero attached hydrogens (tertiary/aromatic N) is 1. The number of sulfone groups is 1. The average molecular weight is 262 g/mol. The van der Waals surface area contributed by atoms with Gasteiger partial charge < -0.3 is 10.2 Å². The second-order valence-electron chi connectivity index (χ2n) is 5.60. The lowest BCUT2D eigenvalue weighted by Gasteiger charge is -2.31. The maximum Gasteiger partial charge on any atom is 0.148 e. The molecule has 1 aliphatic rings. The summed E-state index contributed by atoms with van der Waals surface area (Å²) in [4.78, 5) is 2.17. The van der Waals surface area contributed by atoms with Crippen LogP contribution in [0.1, 0.15) is 26.7 Å². The van der Waals surface area contributed by atoms with Crippen molar-refractivity contribution in [3.8, 4) is 0 Å². The van der Waals surface area contributed by atoms with Crippen molar-refractivity contribution in [2.45, 2.75) is 38.8 Å². The van der Waals surface area contributed by atoms with E-state index in [1.165, 1.54) is 19.1 Å². The molecule has 5 heteroatoms. The molecule has 0 amide bonds. The zero-order valence-electron chi connectivity index (χ0n) is 11.4. The Balaban J connectivity index is 2.38. The van der Waals surface area contributed by atoms with Crippen LogP contribution in [0.3, 0.4) is 0 Å². The molecule has 0 aromatic heterocycles. The Morgan fingerprint density at radius 3 is 2.35 bits per heavy atom. The Morgan fingerprint density at radius 2 is 1.94 bits per heavy atom. The summed E-state index contributed by atoms with van der Waals surface area (Å²) in [6.45, 7) is 5.96. The fourth-order valence-corrected chi connectivity index (χ4v) is 2.57. The summed E-state index contributed by atoms with van der Waals surface area (Å²) in [5, 5.41) is 3.52. The minimum atomic E-state index is -2.86. The predicted octanol–water partition coefficient (Wildman–Crippen LogP) is 0.739. The molecule has 0 aromatic carbocycles. The van der Waals surface area contributed by atoms with Crippen molar-refractivity contribution in [2.24, 2.45) is 5.92 Å². The standard InChI is InChI=1S/C12H26N2O2S/c1-10(2)12(9-13-11-5-6-11)14(3)7-8-17(4,15)16/h10-13H,5-9H2,1-4H3. The normalized spacial score (nSPS) is 18.9. The predicted molar refractivity (Wildman–Crippen MR) is 72.0 cm³/mol. The van der Waals surface area contributed by atoms with Crippen LogP contribution in [0.5, 0.6) is 0 Å². The smallest absolute Gasteiger partial charge is 0.148 e. The van der Waals surface area contributed by atoms with Gasteiger partial charge in [-0.2, -0.15) is 0 Å². The van der Waals surface area contributed by atoms with Crippen LogP contribution in [-0.2, 0) is 9.84 Å². The summed E-state index contributed by atoms with van der Waals surface area (Å²) in [6.07, 6.45) is 3.88. The summed E-state index contributed by atoms with van der Waals surface area (Å²) in [5.41, 5.74) is 0.